The lowest BCUT2D eigenvalue weighted by Gasteiger charge is -2.23. The monoisotopic (exact) mass is 620 g/mol. The van der Waals surface area contributed by atoms with Gasteiger partial charge in [-0.3, -0.25) is 0 Å². The minimum Gasteiger partial charge on any atom is -0.456 e. The summed E-state index contributed by atoms with van der Waals surface area (Å²) in [6.07, 6.45) is 0. The molecule has 0 N–H and O–H groups in total. The number of hydrogen-bond donors (Lipinski definition) is 0. The normalized spacial score (nSPS) is 11.9. The van der Waals surface area contributed by atoms with Gasteiger partial charge in [-0.25, -0.2) is 0 Å². The molecule has 0 saturated carbocycles. The summed E-state index contributed by atoms with van der Waals surface area (Å²) in [5.41, 5.74) is 8.35. The highest BCUT2D eigenvalue weighted by molar-refractivity contribution is 6.70. The van der Waals surface area contributed by atoms with Crippen molar-refractivity contribution in [2.45, 2.75) is 0 Å². The molecule has 8 aromatic carbocycles. The molecule has 0 saturated heterocycles. The molecule has 0 spiro atoms. The van der Waals surface area contributed by atoms with E-state index in [9.17, 15) is 0 Å². The third-order valence-electron chi connectivity index (χ3n) is 10.4. The molecule has 51 heavy (non-hydrogen) atoms. The van der Waals surface area contributed by atoms with Gasteiger partial charge in [-0.15, -0.1) is 32.8 Å². The number of rotatable bonds is 3. The van der Waals surface area contributed by atoms with Crippen molar-refractivity contribution in [2.75, 3.05) is 0 Å². The molecule has 1 aromatic heterocycles. The Labute approximate surface area is 308 Å². The van der Waals surface area contributed by atoms with E-state index in [0.29, 0.717) is 33.2 Å². The summed E-state index contributed by atoms with van der Waals surface area (Å²) < 4.78 is 6.46. The fourth-order valence-electron chi connectivity index (χ4n) is 7.76. The molecule has 210 valence electrons. The molecule has 0 fully saturated rings. The van der Waals surface area contributed by atoms with Gasteiger partial charge in [0.1, 0.15) is 89.6 Å². The predicted molar refractivity (Wildman–Crippen MR) is 228 cm³/mol. The van der Waals surface area contributed by atoms with Gasteiger partial charge in [-0.1, -0.05) is 88.6 Å². The molecule has 0 atom stereocenters. The van der Waals surface area contributed by atoms with Gasteiger partial charge >= 0.3 is 0 Å². The molecule has 9 rings (SSSR count). The van der Waals surface area contributed by atoms with Crippen LogP contribution in [0.25, 0.3) is 87.6 Å². The molecule has 0 aliphatic heterocycles. The van der Waals surface area contributed by atoms with Crippen molar-refractivity contribution in [3.63, 3.8) is 0 Å². The quantitative estimate of drug-likeness (QED) is 0.191. The molecule has 9 aromatic rings. The average molecular weight is 619 g/mol. The van der Waals surface area contributed by atoms with Gasteiger partial charge in [0.25, 0.3) is 0 Å². The Bertz CT molecular complexity index is 2920. The van der Waals surface area contributed by atoms with E-state index in [-0.39, 0.29) is 43.7 Å². The Hall–Kier alpha value is -4.75. The van der Waals surface area contributed by atoms with Crippen LogP contribution >= 0.6 is 0 Å². The van der Waals surface area contributed by atoms with Crippen molar-refractivity contribution in [1.29, 1.82) is 0 Å². The summed E-state index contributed by atoms with van der Waals surface area (Å²) in [6, 6.07) is 28.8. The Balaban J connectivity index is 1.29. The molecule has 11 heteroatoms. The van der Waals surface area contributed by atoms with Crippen molar-refractivity contribution in [3.8, 4) is 33.4 Å². The zero-order valence-electron chi connectivity index (χ0n) is 27.3. The number of fused-ring (bicyclic) bond motifs is 3. The summed E-state index contributed by atoms with van der Waals surface area (Å²) in [5.74, 6) is 0. The lowest BCUT2D eigenvalue weighted by atomic mass is 9.59. The van der Waals surface area contributed by atoms with Crippen molar-refractivity contribution in [2.24, 2.45) is 0 Å². The third kappa shape index (κ3) is 4.43. The molecule has 0 amide bonds. The van der Waals surface area contributed by atoms with Gasteiger partial charge in [0.15, 0.2) is 0 Å². The largest absolute Gasteiger partial charge is 0.456 e. The van der Waals surface area contributed by atoms with Gasteiger partial charge in [-0.2, -0.15) is 0 Å². The summed E-state index contributed by atoms with van der Waals surface area (Å²) in [4.78, 5) is 0. The van der Waals surface area contributed by atoms with Crippen molar-refractivity contribution in [3.05, 3.63) is 84.9 Å². The molecule has 20 radical (unpaired) electrons. The van der Waals surface area contributed by atoms with E-state index in [1.54, 1.807) is 0 Å². The lowest BCUT2D eigenvalue weighted by Crippen LogP contribution is -2.55. The van der Waals surface area contributed by atoms with E-state index in [2.05, 4.69) is 48.5 Å². The molecule has 1 nitrogen and oxygen atoms in total. The highest BCUT2D eigenvalue weighted by Crippen LogP contribution is 2.44. The van der Waals surface area contributed by atoms with Crippen molar-refractivity contribution in [1.82, 2.24) is 0 Å². The van der Waals surface area contributed by atoms with E-state index in [4.69, 9.17) is 82.9 Å². The van der Waals surface area contributed by atoms with Crippen LogP contribution in [0.1, 0.15) is 0 Å². The summed E-state index contributed by atoms with van der Waals surface area (Å²) >= 11 is 0. The van der Waals surface area contributed by atoms with Crippen LogP contribution in [-0.4, -0.2) is 78.5 Å². The topological polar surface area (TPSA) is 13.1 Å². The van der Waals surface area contributed by atoms with E-state index >= 15 is 0 Å². The molecular weight excluding hydrogens is 605 g/mol. The molecule has 0 bridgehead atoms. The molecule has 0 unspecified atom stereocenters. The minimum absolute atomic E-state index is 0.167. The van der Waals surface area contributed by atoms with Crippen LogP contribution in [0.15, 0.2) is 89.3 Å². The first kappa shape index (κ1) is 32.2. The highest BCUT2D eigenvalue weighted by Gasteiger charge is 2.21. The number of hydrogen-bond acceptors (Lipinski definition) is 1. The predicted octanol–water partition coefficient (Wildman–Crippen LogP) is -0.578. The summed E-state index contributed by atoms with van der Waals surface area (Å²) in [5, 5.41) is 8.28. The zero-order valence-corrected chi connectivity index (χ0v) is 27.3. The standard InChI is InChI=1S/C40H14B10O/c41-31-28(32(42)36(46)39(49)35(31)45)17-8-13-23-25(14-17)51-24-3-1-2-19(29(23)24)18-9-4-15-6-11-21-22(12-7-16-5-10-20(18)26(15)27(16)21)30-33(43)37(47)40(50)38(48)34(30)44/h1-14H. The van der Waals surface area contributed by atoms with Gasteiger partial charge in [0.05, 0.1) is 0 Å². The summed E-state index contributed by atoms with van der Waals surface area (Å²) in [7, 11) is 63.0. The molecule has 1 heterocycles. The Morgan fingerprint density at radius 3 is 1.39 bits per heavy atom. The second kappa shape index (κ2) is 11.4. The van der Waals surface area contributed by atoms with Crippen LogP contribution in [0, 0.1) is 0 Å². The first-order valence-electron chi connectivity index (χ1n) is 16.2. The van der Waals surface area contributed by atoms with Gasteiger partial charge in [0.2, 0.25) is 0 Å². The van der Waals surface area contributed by atoms with Crippen LogP contribution in [0.2, 0.25) is 0 Å². The van der Waals surface area contributed by atoms with Crippen LogP contribution in [0.5, 0.6) is 0 Å². The number of benzene rings is 8. The van der Waals surface area contributed by atoms with Gasteiger partial charge in [0, 0.05) is 10.8 Å². The maximum Gasteiger partial charge on any atom is 0.136 e. The smallest absolute Gasteiger partial charge is 0.136 e. The lowest BCUT2D eigenvalue weighted by molar-refractivity contribution is 0.669. The maximum absolute atomic E-state index is 6.54. The van der Waals surface area contributed by atoms with E-state index in [0.717, 1.165) is 65.4 Å². The Kier molecular flexibility index (Phi) is 7.18. The van der Waals surface area contributed by atoms with Crippen LogP contribution in [0.3, 0.4) is 0 Å². The van der Waals surface area contributed by atoms with Gasteiger partial charge in [-0.05, 0) is 83.9 Å². The third-order valence-corrected chi connectivity index (χ3v) is 10.4. The second-order valence-electron chi connectivity index (χ2n) is 13.0. The molecule has 0 aliphatic carbocycles. The Morgan fingerprint density at radius 2 is 0.804 bits per heavy atom. The van der Waals surface area contributed by atoms with Crippen molar-refractivity contribution >= 4 is 187 Å². The minimum atomic E-state index is 0.167. The fraction of sp³-hybridized carbons (Fsp3) is 0. The average Bonchev–Trinajstić information content (AvgIpc) is 3.52. The fourth-order valence-corrected chi connectivity index (χ4v) is 7.76. The summed E-state index contributed by atoms with van der Waals surface area (Å²) in [6.45, 7) is 0. The Morgan fingerprint density at radius 1 is 0.333 bits per heavy atom. The van der Waals surface area contributed by atoms with Crippen LogP contribution in [0.4, 0.5) is 0 Å². The first-order valence-corrected chi connectivity index (χ1v) is 16.2. The number of furan rings is 1. The van der Waals surface area contributed by atoms with Crippen LogP contribution < -0.4 is 54.6 Å². The maximum atomic E-state index is 6.54. The zero-order chi connectivity index (χ0) is 35.6. The van der Waals surface area contributed by atoms with E-state index in [1.807, 2.05) is 36.4 Å². The SMILES string of the molecule is [B]c1c([B])c([B])c(-c2ccc3c(c2)oc2cccc(-c4ccc5ccc6c(-c7c([B])c([B])c([B])c([B])c7[B])ccc7ccc4c5c76)c23)c([B])c1[B]. The van der Waals surface area contributed by atoms with Crippen molar-refractivity contribution < 1.29 is 4.42 Å². The molecule has 0 aliphatic rings. The van der Waals surface area contributed by atoms with Gasteiger partial charge < -0.3 is 4.42 Å². The molecular formula is C40H14B10O. The van der Waals surface area contributed by atoms with E-state index < -0.39 is 0 Å². The first-order chi connectivity index (χ1) is 24.5. The van der Waals surface area contributed by atoms with Crippen LogP contribution in [-0.2, 0) is 0 Å². The van der Waals surface area contributed by atoms with E-state index in [1.165, 1.54) is 0 Å². The highest BCUT2D eigenvalue weighted by atomic mass is 16.3. The second-order valence-corrected chi connectivity index (χ2v) is 13.0.